The molecule has 1 aliphatic rings. The lowest BCUT2D eigenvalue weighted by atomic mass is 9.80. The molecule has 98 valence electrons. The topological polar surface area (TPSA) is 83.5 Å². The van der Waals surface area contributed by atoms with Crippen molar-refractivity contribution in [1.29, 1.82) is 0 Å². The van der Waals surface area contributed by atoms with Gasteiger partial charge in [-0.15, -0.1) is 6.58 Å². The van der Waals surface area contributed by atoms with Crippen molar-refractivity contribution in [3.63, 3.8) is 0 Å². The molecule has 2 N–H and O–H groups in total. The number of rotatable bonds is 6. The largest absolute Gasteiger partial charge is 0.481 e. The fraction of sp³-hybridized carbons (Fsp3) is 0.727. The Morgan fingerprint density at radius 2 is 1.94 bits per heavy atom. The molecule has 0 aliphatic heterocycles. The molecule has 1 rings (SSSR count). The number of carbonyl (C=O) groups is 1. The molecule has 0 spiro atoms. The van der Waals surface area contributed by atoms with Crippen molar-refractivity contribution >= 4 is 16.0 Å². The minimum Gasteiger partial charge on any atom is -0.481 e. The summed E-state index contributed by atoms with van der Waals surface area (Å²) in [6.07, 6.45) is 5.10. The van der Waals surface area contributed by atoms with Crippen LogP contribution in [0, 0.1) is 0 Å². The average molecular weight is 261 g/mol. The van der Waals surface area contributed by atoms with Crippen molar-refractivity contribution in [2.24, 2.45) is 0 Å². The van der Waals surface area contributed by atoms with Crippen LogP contribution < -0.4 is 4.72 Å². The first-order chi connectivity index (χ1) is 7.89. The van der Waals surface area contributed by atoms with Crippen LogP contribution in [0.1, 0.15) is 38.5 Å². The number of carboxylic acid groups (broad SMARTS) is 1. The van der Waals surface area contributed by atoms with Gasteiger partial charge in [-0.3, -0.25) is 4.79 Å². The highest BCUT2D eigenvalue weighted by Crippen LogP contribution is 2.31. The van der Waals surface area contributed by atoms with Crippen LogP contribution in [0.4, 0.5) is 0 Å². The van der Waals surface area contributed by atoms with Gasteiger partial charge < -0.3 is 5.11 Å². The standard InChI is InChI=1S/C11H19NO4S/c1-2-8-17(15,16)12-11(9-10(13)14)6-4-3-5-7-11/h2,12H,1,3-9H2,(H,13,14). The summed E-state index contributed by atoms with van der Waals surface area (Å²) in [5.74, 6) is -1.14. The minimum atomic E-state index is -3.47. The predicted octanol–water partition coefficient (Wildman–Crippen LogP) is 1.27. The maximum Gasteiger partial charge on any atom is 0.305 e. The van der Waals surface area contributed by atoms with Crippen LogP contribution in [0.15, 0.2) is 12.7 Å². The first-order valence-electron chi connectivity index (χ1n) is 5.73. The van der Waals surface area contributed by atoms with E-state index in [9.17, 15) is 13.2 Å². The Kier molecular flexibility index (Phi) is 4.70. The lowest BCUT2D eigenvalue weighted by Gasteiger charge is -2.36. The fourth-order valence-electron chi connectivity index (χ4n) is 2.36. The summed E-state index contributed by atoms with van der Waals surface area (Å²) in [5.41, 5.74) is -0.800. The Bertz CT molecular complexity index is 382. The third kappa shape index (κ3) is 4.47. The maximum absolute atomic E-state index is 11.7. The fourth-order valence-corrected chi connectivity index (χ4v) is 3.69. The highest BCUT2D eigenvalue weighted by atomic mass is 32.2. The van der Waals surface area contributed by atoms with Gasteiger partial charge in [0.25, 0.3) is 0 Å². The summed E-state index contributed by atoms with van der Waals surface area (Å²) in [4.78, 5) is 10.9. The lowest BCUT2D eigenvalue weighted by molar-refractivity contribution is -0.138. The van der Waals surface area contributed by atoms with Crippen LogP contribution >= 0.6 is 0 Å². The molecule has 0 unspecified atom stereocenters. The van der Waals surface area contributed by atoms with Gasteiger partial charge in [0.05, 0.1) is 12.2 Å². The minimum absolute atomic E-state index is 0.149. The van der Waals surface area contributed by atoms with Gasteiger partial charge in [0.15, 0.2) is 0 Å². The molecular formula is C11H19NO4S. The zero-order valence-corrected chi connectivity index (χ0v) is 10.6. The van der Waals surface area contributed by atoms with Gasteiger partial charge >= 0.3 is 5.97 Å². The molecule has 5 nitrogen and oxygen atoms in total. The molecule has 0 saturated heterocycles. The van der Waals surface area contributed by atoms with Gasteiger partial charge in [0.2, 0.25) is 10.0 Å². The summed E-state index contributed by atoms with van der Waals surface area (Å²) >= 11 is 0. The van der Waals surface area contributed by atoms with E-state index in [0.717, 1.165) is 19.3 Å². The van der Waals surface area contributed by atoms with E-state index in [2.05, 4.69) is 11.3 Å². The van der Waals surface area contributed by atoms with Gasteiger partial charge in [-0.25, -0.2) is 13.1 Å². The molecule has 0 aromatic carbocycles. The second-order valence-corrected chi connectivity index (χ2v) is 6.35. The van der Waals surface area contributed by atoms with Crippen molar-refractivity contribution in [3.05, 3.63) is 12.7 Å². The Morgan fingerprint density at radius 3 is 2.41 bits per heavy atom. The summed E-state index contributed by atoms with van der Waals surface area (Å²) < 4.78 is 26.0. The van der Waals surface area contributed by atoms with Crippen molar-refractivity contribution in [1.82, 2.24) is 4.72 Å². The molecule has 0 radical (unpaired) electrons. The maximum atomic E-state index is 11.7. The first kappa shape index (κ1) is 14.2. The van der Waals surface area contributed by atoms with Gasteiger partial charge in [-0.05, 0) is 12.8 Å². The number of aliphatic carboxylic acids is 1. The SMILES string of the molecule is C=CCS(=O)(=O)NC1(CC(=O)O)CCCCC1. The van der Waals surface area contributed by atoms with Crippen LogP contribution in [0.5, 0.6) is 0 Å². The van der Waals surface area contributed by atoms with E-state index < -0.39 is 21.5 Å². The van der Waals surface area contributed by atoms with E-state index >= 15 is 0 Å². The van der Waals surface area contributed by atoms with Crippen LogP contribution in [0.25, 0.3) is 0 Å². The Labute approximate surface area is 102 Å². The van der Waals surface area contributed by atoms with E-state index in [4.69, 9.17) is 5.11 Å². The van der Waals surface area contributed by atoms with Gasteiger partial charge in [0.1, 0.15) is 0 Å². The quantitative estimate of drug-likeness (QED) is 0.705. The summed E-state index contributed by atoms with van der Waals surface area (Å²) in [7, 11) is -3.47. The summed E-state index contributed by atoms with van der Waals surface area (Å²) in [5, 5.41) is 8.90. The number of carboxylic acids is 1. The van der Waals surface area contributed by atoms with Crippen LogP contribution in [-0.2, 0) is 14.8 Å². The lowest BCUT2D eigenvalue weighted by Crippen LogP contribution is -2.51. The normalized spacial score (nSPS) is 19.8. The molecule has 0 bridgehead atoms. The molecule has 17 heavy (non-hydrogen) atoms. The number of sulfonamides is 1. The average Bonchev–Trinajstić information content (AvgIpc) is 2.15. The second-order valence-electron chi connectivity index (χ2n) is 4.58. The Balaban J connectivity index is 2.83. The van der Waals surface area contributed by atoms with Gasteiger partial charge in [-0.1, -0.05) is 25.3 Å². The molecular weight excluding hydrogens is 242 g/mol. The first-order valence-corrected chi connectivity index (χ1v) is 7.39. The number of nitrogens with one attached hydrogen (secondary N) is 1. The molecule has 0 heterocycles. The smallest absolute Gasteiger partial charge is 0.305 e. The molecule has 1 aliphatic carbocycles. The van der Waals surface area contributed by atoms with Gasteiger partial charge in [0, 0.05) is 5.54 Å². The molecule has 0 aromatic heterocycles. The third-order valence-electron chi connectivity index (χ3n) is 3.01. The Hall–Kier alpha value is -0.880. The van der Waals surface area contributed by atoms with Crippen molar-refractivity contribution in [3.8, 4) is 0 Å². The third-order valence-corrected chi connectivity index (χ3v) is 4.43. The number of hydrogen-bond acceptors (Lipinski definition) is 3. The molecule has 1 fully saturated rings. The monoisotopic (exact) mass is 261 g/mol. The predicted molar refractivity (Wildman–Crippen MR) is 65.2 cm³/mol. The Morgan fingerprint density at radius 1 is 1.35 bits per heavy atom. The highest BCUT2D eigenvalue weighted by Gasteiger charge is 2.37. The van der Waals surface area contributed by atoms with Crippen molar-refractivity contribution in [2.45, 2.75) is 44.1 Å². The molecule has 0 aromatic rings. The highest BCUT2D eigenvalue weighted by molar-refractivity contribution is 7.89. The van der Waals surface area contributed by atoms with Crippen molar-refractivity contribution in [2.75, 3.05) is 5.75 Å². The van der Waals surface area contributed by atoms with Crippen LogP contribution in [-0.4, -0.2) is 30.8 Å². The van der Waals surface area contributed by atoms with E-state index in [1.54, 1.807) is 0 Å². The number of hydrogen-bond donors (Lipinski definition) is 2. The van der Waals surface area contributed by atoms with E-state index in [1.165, 1.54) is 6.08 Å². The van der Waals surface area contributed by atoms with Crippen LogP contribution in [0.3, 0.4) is 0 Å². The zero-order valence-electron chi connectivity index (χ0n) is 9.81. The van der Waals surface area contributed by atoms with Gasteiger partial charge in [-0.2, -0.15) is 0 Å². The van der Waals surface area contributed by atoms with Crippen LogP contribution in [0.2, 0.25) is 0 Å². The van der Waals surface area contributed by atoms with E-state index in [1.807, 2.05) is 0 Å². The van der Waals surface area contributed by atoms with E-state index in [0.29, 0.717) is 12.8 Å². The summed E-state index contributed by atoms with van der Waals surface area (Å²) in [6.45, 7) is 3.39. The zero-order chi connectivity index (χ0) is 12.9. The van der Waals surface area contributed by atoms with E-state index in [-0.39, 0.29) is 12.2 Å². The summed E-state index contributed by atoms with van der Waals surface area (Å²) in [6, 6.07) is 0. The molecule has 6 heteroatoms. The second kappa shape index (κ2) is 5.64. The molecule has 0 amide bonds. The molecule has 1 saturated carbocycles. The van der Waals surface area contributed by atoms with Crippen molar-refractivity contribution < 1.29 is 18.3 Å². The molecule has 0 atom stereocenters.